The number of carbonyl (C=O) groups is 1. The molecule has 0 saturated heterocycles. The Hall–Kier alpha value is -4.04. The van der Waals surface area contributed by atoms with Gasteiger partial charge in [-0.05, 0) is 56.7 Å². The summed E-state index contributed by atoms with van der Waals surface area (Å²) < 4.78 is 3.39. The number of nitrogens with zero attached hydrogens (tertiary/aromatic N) is 6. The first-order valence-corrected chi connectivity index (χ1v) is 10.7. The Labute approximate surface area is 194 Å². The number of halogens is 1. The lowest BCUT2D eigenvalue weighted by Gasteiger charge is -2.10. The van der Waals surface area contributed by atoms with Crippen molar-refractivity contribution >= 4 is 34.4 Å². The number of carbonyl (C=O) groups excluding carboxylic acids is 1. The molecule has 5 rings (SSSR count). The fraction of sp³-hybridized carbons (Fsp3) is 0.125. The fourth-order valence-electron chi connectivity index (χ4n) is 3.76. The summed E-state index contributed by atoms with van der Waals surface area (Å²) in [4.78, 5) is 21.7. The second-order valence-electron chi connectivity index (χ2n) is 7.82. The first-order chi connectivity index (χ1) is 15.9. The first-order valence-electron chi connectivity index (χ1n) is 10.3. The molecule has 0 radical (unpaired) electrons. The van der Waals surface area contributed by atoms with Gasteiger partial charge in [-0.25, -0.2) is 14.6 Å². The molecule has 8 nitrogen and oxygen atoms in total. The van der Waals surface area contributed by atoms with Crippen molar-refractivity contribution in [1.82, 2.24) is 29.5 Å². The highest BCUT2D eigenvalue weighted by Crippen LogP contribution is 2.26. The standard InChI is InChI=1S/C24H20ClN7O/c1-14-4-9-20(15(2)10-14)31-22-19(12-28-31)23(27-13-26-22)32-21(11-16(3)30-32)29-24(33)17-5-7-18(25)8-6-17/h4-13H,1-3H3,(H,29,33). The Bertz CT molecular complexity index is 1500. The molecule has 0 aliphatic rings. The molecule has 0 aliphatic carbocycles. The molecule has 2 aromatic carbocycles. The number of amides is 1. The number of nitrogens with one attached hydrogen (secondary N) is 1. The fourth-order valence-corrected chi connectivity index (χ4v) is 3.89. The average Bonchev–Trinajstić information content (AvgIpc) is 3.37. The number of aromatic nitrogens is 6. The van der Waals surface area contributed by atoms with Crippen molar-refractivity contribution in [2.24, 2.45) is 0 Å². The summed E-state index contributed by atoms with van der Waals surface area (Å²) in [7, 11) is 0. The van der Waals surface area contributed by atoms with Gasteiger partial charge in [-0.3, -0.25) is 4.79 Å². The average molecular weight is 458 g/mol. The molecule has 0 bridgehead atoms. The molecule has 9 heteroatoms. The van der Waals surface area contributed by atoms with Gasteiger partial charge in [-0.15, -0.1) is 0 Å². The minimum Gasteiger partial charge on any atom is -0.306 e. The van der Waals surface area contributed by atoms with Crippen LogP contribution in [0.3, 0.4) is 0 Å². The van der Waals surface area contributed by atoms with Crippen LogP contribution in [-0.2, 0) is 0 Å². The van der Waals surface area contributed by atoms with E-state index in [9.17, 15) is 4.79 Å². The maximum atomic E-state index is 12.8. The van der Waals surface area contributed by atoms with Gasteiger partial charge in [-0.2, -0.15) is 14.9 Å². The summed E-state index contributed by atoms with van der Waals surface area (Å²) in [6.45, 7) is 5.95. The number of aryl methyl sites for hydroxylation is 3. The zero-order chi connectivity index (χ0) is 23.1. The maximum absolute atomic E-state index is 12.8. The number of benzene rings is 2. The van der Waals surface area contributed by atoms with Crippen LogP contribution in [0.2, 0.25) is 5.02 Å². The summed E-state index contributed by atoms with van der Waals surface area (Å²) in [5, 5.41) is 13.3. The van der Waals surface area contributed by atoms with Gasteiger partial charge in [0.25, 0.3) is 5.91 Å². The van der Waals surface area contributed by atoms with Gasteiger partial charge in [0, 0.05) is 16.7 Å². The number of hydrogen-bond acceptors (Lipinski definition) is 5. The zero-order valence-electron chi connectivity index (χ0n) is 18.2. The Balaban J connectivity index is 1.57. The van der Waals surface area contributed by atoms with Crippen LogP contribution < -0.4 is 5.32 Å². The predicted octanol–water partition coefficient (Wildman–Crippen LogP) is 4.83. The molecule has 0 saturated carbocycles. The van der Waals surface area contributed by atoms with Gasteiger partial charge < -0.3 is 5.32 Å². The van der Waals surface area contributed by atoms with Crippen molar-refractivity contribution in [3.63, 3.8) is 0 Å². The molecule has 0 fully saturated rings. The lowest BCUT2D eigenvalue weighted by molar-refractivity contribution is 0.102. The van der Waals surface area contributed by atoms with Crippen LogP contribution in [0.4, 0.5) is 5.82 Å². The minimum absolute atomic E-state index is 0.274. The number of anilines is 1. The van der Waals surface area contributed by atoms with Crippen LogP contribution in [0.5, 0.6) is 0 Å². The van der Waals surface area contributed by atoms with Gasteiger partial charge in [0.1, 0.15) is 12.1 Å². The van der Waals surface area contributed by atoms with Gasteiger partial charge in [0.2, 0.25) is 0 Å². The third kappa shape index (κ3) is 3.85. The molecule has 0 spiro atoms. The molecule has 1 amide bonds. The van der Waals surface area contributed by atoms with Crippen molar-refractivity contribution in [3.8, 4) is 11.5 Å². The van der Waals surface area contributed by atoms with Crippen molar-refractivity contribution in [2.75, 3.05) is 5.32 Å². The molecule has 1 N–H and O–H groups in total. The largest absolute Gasteiger partial charge is 0.306 e. The van der Waals surface area contributed by atoms with Crippen LogP contribution in [0, 0.1) is 20.8 Å². The Morgan fingerprint density at radius 1 is 0.970 bits per heavy atom. The summed E-state index contributed by atoms with van der Waals surface area (Å²) in [5.74, 6) is 0.742. The van der Waals surface area contributed by atoms with Crippen molar-refractivity contribution in [3.05, 3.63) is 88.5 Å². The molecule has 0 aliphatic heterocycles. The highest BCUT2D eigenvalue weighted by atomic mass is 35.5. The lowest BCUT2D eigenvalue weighted by Crippen LogP contribution is -2.15. The molecule has 3 heterocycles. The van der Waals surface area contributed by atoms with Crippen LogP contribution in [-0.4, -0.2) is 35.4 Å². The normalized spacial score (nSPS) is 11.2. The zero-order valence-corrected chi connectivity index (χ0v) is 19.0. The second-order valence-corrected chi connectivity index (χ2v) is 8.26. The van der Waals surface area contributed by atoms with E-state index in [1.54, 1.807) is 45.9 Å². The van der Waals surface area contributed by atoms with Gasteiger partial charge in [0.05, 0.1) is 23.0 Å². The molecule has 5 aromatic rings. The van der Waals surface area contributed by atoms with E-state index in [1.165, 1.54) is 11.9 Å². The highest BCUT2D eigenvalue weighted by Gasteiger charge is 2.18. The van der Waals surface area contributed by atoms with E-state index >= 15 is 0 Å². The lowest BCUT2D eigenvalue weighted by atomic mass is 10.1. The van der Waals surface area contributed by atoms with Gasteiger partial charge in [-0.1, -0.05) is 29.3 Å². The molecule has 0 atom stereocenters. The number of hydrogen-bond donors (Lipinski definition) is 1. The van der Waals surface area contributed by atoms with E-state index in [1.807, 2.05) is 26.0 Å². The van der Waals surface area contributed by atoms with Crippen molar-refractivity contribution in [2.45, 2.75) is 20.8 Å². The molecule has 3 aromatic heterocycles. The summed E-state index contributed by atoms with van der Waals surface area (Å²) in [5.41, 5.74) is 5.07. The monoisotopic (exact) mass is 457 g/mol. The summed E-state index contributed by atoms with van der Waals surface area (Å²) in [6, 6.07) is 14.6. The minimum atomic E-state index is -0.274. The first kappa shape index (κ1) is 20.8. The molecular formula is C24H20ClN7O. The highest BCUT2D eigenvalue weighted by molar-refractivity contribution is 6.30. The predicted molar refractivity (Wildman–Crippen MR) is 127 cm³/mol. The number of fused-ring (bicyclic) bond motifs is 1. The van der Waals surface area contributed by atoms with Crippen LogP contribution in [0.15, 0.2) is 61.1 Å². The van der Waals surface area contributed by atoms with Crippen molar-refractivity contribution in [1.29, 1.82) is 0 Å². The number of rotatable bonds is 4. The van der Waals surface area contributed by atoms with Crippen LogP contribution >= 0.6 is 11.6 Å². The SMILES string of the molecule is Cc1ccc(-n2ncc3c(-n4nc(C)cc4NC(=O)c4ccc(Cl)cc4)ncnc32)c(C)c1. The maximum Gasteiger partial charge on any atom is 0.256 e. The van der Waals surface area contributed by atoms with E-state index in [0.29, 0.717) is 33.3 Å². The van der Waals surface area contributed by atoms with Crippen LogP contribution in [0.1, 0.15) is 27.2 Å². The van der Waals surface area contributed by atoms with E-state index in [0.717, 1.165) is 16.9 Å². The third-order valence-electron chi connectivity index (χ3n) is 5.31. The Morgan fingerprint density at radius 3 is 2.52 bits per heavy atom. The van der Waals surface area contributed by atoms with E-state index in [4.69, 9.17) is 11.6 Å². The Morgan fingerprint density at radius 2 is 1.76 bits per heavy atom. The molecular weight excluding hydrogens is 438 g/mol. The quantitative estimate of drug-likeness (QED) is 0.417. The van der Waals surface area contributed by atoms with E-state index in [2.05, 4.69) is 38.5 Å². The summed E-state index contributed by atoms with van der Waals surface area (Å²) >= 11 is 5.94. The van der Waals surface area contributed by atoms with Crippen molar-refractivity contribution < 1.29 is 4.79 Å². The van der Waals surface area contributed by atoms with Crippen LogP contribution in [0.25, 0.3) is 22.5 Å². The third-order valence-corrected chi connectivity index (χ3v) is 5.56. The smallest absolute Gasteiger partial charge is 0.256 e. The molecule has 164 valence electrons. The van der Waals surface area contributed by atoms with Gasteiger partial charge >= 0.3 is 0 Å². The van der Waals surface area contributed by atoms with Gasteiger partial charge in [0.15, 0.2) is 11.5 Å². The van der Waals surface area contributed by atoms with E-state index in [-0.39, 0.29) is 5.91 Å². The summed E-state index contributed by atoms with van der Waals surface area (Å²) in [6.07, 6.45) is 3.19. The molecule has 33 heavy (non-hydrogen) atoms. The second kappa shape index (κ2) is 8.14. The van der Waals surface area contributed by atoms with E-state index < -0.39 is 0 Å². The topological polar surface area (TPSA) is 90.5 Å². The Kier molecular flexibility index (Phi) is 5.14. The molecule has 0 unspecified atom stereocenters.